The number of nitrogens with one attached hydrogen (secondary N) is 1. The van der Waals surface area contributed by atoms with Gasteiger partial charge in [-0.15, -0.1) is 5.10 Å². The number of carbonyl (C=O) groups excluding carboxylic acids is 1. The molecule has 3 aromatic carbocycles. The topological polar surface area (TPSA) is 53.9 Å². The zero-order valence-corrected chi connectivity index (χ0v) is 16.7. The van der Waals surface area contributed by atoms with E-state index in [9.17, 15) is 4.79 Å². The first kappa shape index (κ1) is 17.3. The number of nitrogens with zero attached hydrogens (tertiary/aromatic N) is 2. The highest BCUT2D eigenvalue weighted by Gasteiger charge is 2.59. The molecular formula is C21H13BrClN3O2. The maximum atomic E-state index is 13.2. The predicted octanol–water partition coefficient (Wildman–Crippen LogP) is 5.11. The van der Waals surface area contributed by atoms with Gasteiger partial charge in [0.1, 0.15) is 0 Å². The lowest BCUT2D eigenvalue weighted by Crippen LogP contribution is -2.47. The summed E-state index contributed by atoms with van der Waals surface area (Å²) in [6.45, 7) is 0. The summed E-state index contributed by atoms with van der Waals surface area (Å²) in [6, 6.07) is 22.3. The van der Waals surface area contributed by atoms with Crippen molar-refractivity contribution in [3.8, 4) is 0 Å². The zero-order chi connectivity index (χ0) is 19.3. The molecule has 0 bridgehead atoms. The van der Waals surface area contributed by atoms with Crippen LogP contribution in [-0.4, -0.2) is 11.8 Å². The fraction of sp³-hybridized carbons (Fsp3) is 0.0476. The van der Waals surface area contributed by atoms with Gasteiger partial charge in [0.25, 0.3) is 5.91 Å². The van der Waals surface area contributed by atoms with Gasteiger partial charge in [0.2, 0.25) is 5.90 Å². The second-order valence-corrected chi connectivity index (χ2v) is 7.81. The van der Waals surface area contributed by atoms with Crippen molar-refractivity contribution in [2.75, 3.05) is 10.3 Å². The molecule has 1 spiro atoms. The molecule has 1 N–H and O–H groups in total. The summed E-state index contributed by atoms with van der Waals surface area (Å²) in [6.07, 6.45) is 0. The van der Waals surface area contributed by atoms with Crippen molar-refractivity contribution in [1.82, 2.24) is 0 Å². The van der Waals surface area contributed by atoms with Crippen molar-refractivity contribution in [2.24, 2.45) is 5.10 Å². The van der Waals surface area contributed by atoms with Crippen LogP contribution in [0.2, 0.25) is 5.02 Å². The number of rotatable bonds is 2. The maximum absolute atomic E-state index is 13.2. The van der Waals surface area contributed by atoms with E-state index in [0.717, 1.165) is 10.0 Å². The molecule has 0 saturated heterocycles. The van der Waals surface area contributed by atoms with Crippen molar-refractivity contribution < 1.29 is 9.53 Å². The third-order valence-electron chi connectivity index (χ3n) is 4.71. The Morgan fingerprint density at radius 2 is 1.86 bits per heavy atom. The van der Waals surface area contributed by atoms with Crippen LogP contribution in [0.25, 0.3) is 0 Å². The highest BCUT2D eigenvalue weighted by atomic mass is 79.9. The van der Waals surface area contributed by atoms with Gasteiger partial charge >= 0.3 is 5.72 Å². The van der Waals surface area contributed by atoms with Crippen LogP contribution >= 0.6 is 27.5 Å². The lowest BCUT2D eigenvalue weighted by molar-refractivity contribution is -0.130. The van der Waals surface area contributed by atoms with Crippen molar-refractivity contribution in [2.45, 2.75) is 5.72 Å². The van der Waals surface area contributed by atoms with Crippen LogP contribution in [0.15, 0.2) is 82.4 Å². The van der Waals surface area contributed by atoms with E-state index < -0.39 is 5.72 Å². The standard InChI is InChI=1S/C21H13BrClN3O2/c22-14-9-10-17-18(11-14)24-20(27)21(17)26(16-8-4-7-15(23)12-16)25-19(28-21)13-5-2-1-3-6-13/h1-12H,(H,24,27). The fourth-order valence-electron chi connectivity index (χ4n) is 3.47. The first-order valence-electron chi connectivity index (χ1n) is 8.58. The van der Waals surface area contributed by atoms with E-state index in [-0.39, 0.29) is 5.91 Å². The van der Waals surface area contributed by atoms with Crippen molar-refractivity contribution in [3.05, 3.63) is 93.4 Å². The molecule has 0 aliphatic carbocycles. The first-order chi connectivity index (χ1) is 13.6. The van der Waals surface area contributed by atoms with E-state index in [4.69, 9.17) is 16.3 Å². The largest absolute Gasteiger partial charge is 0.433 e. The molecule has 7 heteroatoms. The number of amides is 1. The Hall–Kier alpha value is -2.83. The summed E-state index contributed by atoms with van der Waals surface area (Å²) in [5, 5.41) is 9.73. The molecule has 1 amide bonds. The number of hydrogen-bond donors (Lipinski definition) is 1. The number of anilines is 2. The van der Waals surface area contributed by atoms with E-state index in [0.29, 0.717) is 27.9 Å². The van der Waals surface area contributed by atoms with E-state index in [2.05, 4.69) is 26.3 Å². The second-order valence-electron chi connectivity index (χ2n) is 6.45. The average Bonchev–Trinajstić information content (AvgIpc) is 3.22. The number of benzene rings is 3. The molecular weight excluding hydrogens is 442 g/mol. The average molecular weight is 455 g/mol. The Bertz CT molecular complexity index is 1140. The molecule has 3 aromatic rings. The SMILES string of the molecule is O=C1Nc2cc(Br)ccc2C12OC(c1ccccc1)=NN2c1cccc(Cl)c1. The van der Waals surface area contributed by atoms with Crippen LogP contribution in [0.4, 0.5) is 11.4 Å². The second kappa shape index (κ2) is 6.36. The summed E-state index contributed by atoms with van der Waals surface area (Å²) in [5.41, 5.74) is 1.37. The van der Waals surface area contributed by atoms with Crippen molar-refractivity contribution in [3.63, 3.8) is 0 Å². The van der Waals surface area contributed by atoms with Crippen LogP contribution in [0, 0.1) is 0 Å². The van der Waals surface area contributed by atoms with E-state index >= 15 is 0 Å². The van der Waals surface area contributed by atoms with Crippen LogP contribution in [0.1, 0.15) is 11.1 Å². The lowest BCUT2D eigenvalue weighted by Gasteiger charge is -2.30. The Morgan fingerprint density at radius 1 is 1.04 bits per heavy atom. The van der Waals surface area contributed by atoms with Gasteiger partial charge in [-0.3, -0.25) is 4.79 Å². The molecule has 28 heavy (non-hydrogen) atoms. The van der Waals surface area contributed by atoms with Gasteiger partial charge in [-0.2, -0.15) is 0 Å². The van der Waals surface area contributed by atoms with Gasteiger partial charge in [-0.1, -0.05) is 51.8 Å². The van der Waals surface area contributed by atoms with Gasteiger partial charge in [-0.05, 0) is 48.5 Å². The van der Waals surface area contributed by atoms with Gasteiger partial charge in [0, 0.05) is 15.1 Å². The van der Waals surface area contributed by atoms with Gasteiger partial charge in [0.05, 0.1) is 16.9 Å². The number of halogens is 2. The Morgan fingerprint density at radius 3 is 2.64 bits per heavy atom. The molecule has 2 aliphatic rings. The maximum Gasteiger partial charge on any atom is 0.311 e. The minimum atomic E-state index is -1.44. The number of ether oxygens (including phenoxy) is 1. The summed E-state index contributed by atoms with van der Waals surface area (Å²) in [5.74, 6) is 0.0572. The Kier molecular flexibility index (Phi) is 3.92. The number of fused-ring (bicyclic) bond motifs is 2. The van der Waals surface area contributed by atoms with Crippen molar-refractivity contribution in [1.29, 1.82) is 0 Å². The number of hydrogen-bond acceptors (Lipinski definition) is 4. The monoisotopic (exact) mass is 453 g/mol. The predicted molar refractivity (Wildman–Crippen MR) is 112 cm³/mol. The zero-order valence-electron chi connectivity index (χ0n) is 14.4. The van der Waals surface area contributed by atoms with Gasteiger partial charge in [-0.25, -0.2) is 5.01 Å². The third-order valence-corrected chi connectivity index (χ3v) is 5.44. The van der Waals surface area contributed by atoms with Crippen LogP contribution in [0.5, 0.6) is 0 Å². The highest BCUT2D eigenvalue weighted by molar-refractivity contribution is 9.10. The number of hydrazone groups is 1. The summed E-state index contributed by atoms with van der Waals surface area (Å²) in [7, 11) is 0. The molecule has 0 radical (unpaired) electrons. The van der Waals surface area contributed by atoms with Gasteiger partial charge < -0.3 is 10.1 Å². The summed E-state index contributed by atoms with van der Waals surface area (Å²) < 4.78 is 7.15. The normalized spacial score (nSPS) is 20.0. The van der Waals surface area contributed by atoms with Crippen molar-refractivity contribution >= 4 is 50.7 Å². The molecule has 1 unspecified atom stereocenters. The molecule has 5 nitrogen and oxygen atoms in total. The molecule has 0 fully saturated rings. The molecule has 138 valence electrons. The van der Waals surface area contributed by atoms with Crippen LogP contribution in [-0.2, 0) is 15.3 Å². The van der Waals surface area contributed by atoms with Crippen LogP contribution < -0.4 is 10.3 Å². The highest BCUT2D eigenvalue weighted by Crippen LogP contribution is 2.48. The molecule has 1 atom stereocenters. The third kappa shape index (κ3) is 2.52. The van der Waals surface area contributed by atoms with E-state index in [1.54, 1.807) is 17.1 Å². The first-order valence-corrected chi connectivity index (χ1v) is 9.75. The molecule has 5 rings (SSSR count). The Labute approximate surface area is 174 Å². The minimum Gasteiger partial charge on any atom is -0.433 e. The van der Waals surface area contributed by atoms with Crippen LogP contribution in [0.3, 0.4) is 0 Å². The lowest BCUT2D eigenvalue weighted by atomic mass is 10.0. The molecule has 2 aliphatic heterocycles. The minimum absolute atomic E-state index is 0.310. The van der Waals surface area contributed by atoms with E-state index in [1.165, 1.54) is 0 Å². The fourth-order valence-corrected chi connectivity index (χ4v) is 4.01. The molecule has 0 aromatic heterocycles. The summed E-state index contributed by atoms with van der Waals surface area (Å²) >= 11 is 9.65. The number of carbonyl (C=O) groups is 1. The quantitative estimate of drug-likeness (QED) is 0.586. The van der Waals surface area contributed by atoms with Gasteiger partial charge in [0.15, 0.2) is 0 Å². The Balaban J connectivity index is 1.72. The van der Waals surface area contributed by atoms with E-state index in [1.807, 2.05) is 60.7 Å². The smallest absolute Gasteiger partial charge is 0.311 e. The molecule has 0 saturated carbocycles. The summed E-state index contributed by atoms with van der Waals surface area (Å²) in [4.78, 5) is 13.2. The molecule has 2 heterocycles.